The number of hydrogen-bond acceptors (Lipinski definition) is 5. The van der Waals surface area contributed by atoms with Gasteiger partial charge in [0.15, 0.2) is 0 Å². The molecular formula is C13H27N3O4S. The first-order valence-corrected chi connectivity index (χ1v) is 9.12. The second-order valence-electron chi connectivity index (χ2n) is 6.47. The zero-order chi connectivity index (χ0) is 16.1. The second-order valence-corrected chi connectivity index (χ2v) is 8.31. The predicted octanol–water partition coefficient (Wildman–Crippen LogP) is 0.571. The Labute approximate surface area is 127 Å². The van der Waals surface area contributed by atoms with E-state index in [2.05, 4.69) is 15.4 Å². The Morgan fingerprint density at radius 3 is 2.38 bits per heavy atom. The molecule has 0 spiro atoms. The third-order valence-electron chi connectivity index (χ3n) is 3.08. The summed E-state index contributed by atoms with van der Waals surface area (Å²) >= 11 is 0. The van der Waals surface area contributed by atoms with Crippen LogP contribution in [0.15, 0.2) is 0 Å². The van der Waals surface area contributed by atoms with Gasteiger partial charge in [-0.3, -0.25) is 0 Å². The highest BCUT2D eigenvalue weighted by Crippen LogP contribution is 2.19. The van der Waals surface area contributed by atoms with Gasteiger partial charge in [0.1, 0.15) is 5.60 Å². The molecular weight excluding hydrogens is 294 g/mol. The van der Waals surface area contributed by atoms with Gasteiger partial charge in [-0.05, 0) is 40.0 Å². The van der Waals surface area contributed by atoms with Crippen LogP contribution in [-0.4, -0.2) is 51.5 Å². The number of carbonyl (C=O) groups is 1. The topological polar surface area (TPSA) is 96.5 Å². The number of rotatable bonds is 6. The molecule has 0 saturated heterocycles. The van der Waals surface area contributed by atoms with Crippen molar-refractivity contribution in [2.75, 3.05) is 19.3 Å². The minimum absolute atomic E-state index is 0.111. The molecule has 0 bridgehead atoms. The average molecular weight is 321 g/mol. The van der Waals surface area contributed by atoms with Crippen molar-refractivity contribution in [2.45, 2.75) is 57.7 Å². The smallest absolute Gasteiger partial charge is 0.407 e. The number of nitrogens with one attached hydrogen (secondary N) is 3. The molecule has 0 aromatic rings. The highest BCUT2D eigenvalue weighted by Gasteiger charge is 2.27. The van der Waals surface area contributed by atoms with Crippen molar-refractivity contribution < 1.29 is 17.9 Å². The van der Waals surface area contributed by atoms with Crippen molar-refractivity contribution in [1.82, 2.24) is 15.4 Å². The molecule has 1 fully saturated rings. The van der Waals surface area contributed by atoms with Crippen molar-refractivity contribution in [3.63, 3.8) is 0 Å². The van der Waals surface area contributed by atoms with E-state index in [-0.39, 0.29) is 12.1 Å². The van der Waals surface area contributed by atoms with Crippen molar-refractivity contribution in [3.8, 4) is 0 Å². The van der Waals surface area contributed by atoms with Crippen LogP contribution in [0.3, 0.4) is 0 Å². The van der Waals surface area contributed by atoms with Crippen LogP contribution in [0.4, 0.5) is 4.79 Å². The summed E-state index contributed by atoms with van der Waals surface area (Å²) in [6.45, 7) is 6.46. The van der Waals surface area contributed by atoms with E-state index in [0.29, 0.717) is 19.1 Å². The van der Waals surface area contributed by atoms with Crippen LogP contribution >= 0.6 is 0 Å². The van der Waals surface area contributed by atoms with Crippen molar-refractivity contribution in [3.05, 3.63) is 0 Å². The Kier molecular flexibility index (Phi) is 6.42. The Balaban J connectivity index is 2.19. The molecule has 0 heterocycles. The molecule has 2 atom stereocenters. The Bertz CT molecular complexity index is 445. The molecule has 1 rings (SSSR count). The fraction of sp³-hybridized carbons (Fsp3) is 0.923. The molecule has 7 nitrogen and oxygen atoms in total. The molecule has 1 amide bonds. The Morgan fingerprint density at radius 2 is 1.81 bits per heavy atom. The van der Waals surface area contributed by atoms with Crippen LogP contribution < -0.4 is 15.4 Å². The fourth-order valence-electron chi connectivity index (χ4n) is 2.28. The van der Waals surface area contributed by atoms with E-state index in [1.54, 1.807) is 0 Å². The van der Waals surface area contributed by atoms with E-state index in [1.807, 2.05) is 20.8 Å². The van der Waals surface area contributed by atoms with Gasteiger partial charge in [-0.1, -0.05) is 0 Å². The summed E-state index contributed by atoms with van der Waals surface area (Å²) in [5, 5.41) is 6.15. The maximum absolute atomic E-state index is 11.7. The number of carbonyl (C=O) groups excluding carboxylic acids is 1. The van der Waals surface area contributed by atoms with Crippen LogP contribution in [0.25, 0.3) is 0 Å². The lowest BCUT2D eigenvalue weighted by Gasteiger charge is -2.21. The average Bonchev–Trinajstić information content (AvgIpc) is 2.68. The summed E-state index contributed by atoms with van der Waals surface area (Å²) in [6.07, 6.45) is 3.45. The molecule has 124 valence electrons. The van der Waals surface area contributed by atoms with Gasteiger partial charge in [-0.2, -0.15) is 0 Å². The van der Waals surface area contributed by atoms with Crippen LogP contribution in [0, 0.1) is 0 Å². The summed E-state index contributed by atoms with van der Waals surface area (Å²) in [5.74, 6) is 0. The summed E-state index contributed by atoms with van der Waals surface area (Å²) in [6, 6.07) is 0.409. The first kappa shape index (κ1) is 18.2. The first-order chi connectivity index (χ1) is 9.55. The van der Waals surface area contributed by atoms with Gasteiger partial charge in [-0.25, -0.2) is 17.9 Å². The Morgan fingerprint density at radius 1 is 1.19 bits per heavy atom. The van der Waals surface area contributed by atoms with Crippen molar-refractivity contribution in [1.29, 1.82) is 0 Å². The number of alkyl carbamates (subject to hydrolysis) is 1. The number of amides is 1. The molecule has 3 N–H and O–H groups in total. The van der Waals surface area contributed by atoms with Crippen molar-refractivity contribution in [2.24, 2.45) is 0 Å². The summed E-state index contributed by atoms with van der Waals surface area (Å²) in [7, 11) is -3.13. The summed E-state index contributed by atoms with van der Waals surface area (Å²) < 4.78 is 29.5. The minimum atomic E-state index is -3.13. The van der Waals surface area contributed by atoms with E-state index >= 15 is 0 Å². The lowest BCUT2D eigenvalue weighted by atomic mass is 10.2. The largest absolute Gasteiger partial charge is 0.444 e. The standard InChI is InChI=1S/C13H27N3O4S/c1-13(2,3)20-12(17)16-11-6-5-10(9-11)14-7-8-15-21(4,18)19/h10-11,14-15H,5-9H2,1-4H3,(H,16,17). The highest BCUT2D eigenvalue weighted by molar-refractivity contribution is 7.88. The van der Waals surface area contributed by atoms with Gasteiger partial charge in [0.05, 0.1) is 6.26 Å². The van der Waals surface area contributed by atoms with Crippen LogP contribution in [0.5, 0.6) is 0 Å². The zero-order valence-electron chi connectivity index (χ0n) is 13.2. The molecule has 1 saturated carbocycles. The second kappa shape index (κ2) is 7.42. The highest BCUT2D eigenvalue weighted by atomic mass is 32.2. The maximum Gasteiger partial charge on any atom is 0.407 e. The SMILES string of the molecule is CC(C)(C)OC(=O)NC1CCC(NCCNS(C)(=O)=O)C1. The van der Waals surface area contributed by atoms with Gasteiger partial charge in [0.2, 0.25) is 10.0 Å². The number of sulfonamides is 1. The molecule has 0 aliphatic heterocycles. The van der Waals surface area contributed by atoms with Crippen LogP contribution in [0.1, 0.15) is 40.0 Å². The third-order valence-corrected chi connectivity index (χ3v) is 3.80. The quantitative estimate of drug-likeness (QED) is 0.622. The van der Waals surface area contributed by atoms with E-state index in [9.17, 15) is 13.2 Å². The molecule has 0 radical (unpaired) electrons. The van der Waals surface area contributed by atoms with Crippen molar-refractivity contribution >= 4 is 16.1 Å². The lowest BCUT2D eigenvalue weighted by molar-refractivity contribution is 0.0505. The zero-order valence-corrected chi connectivity index (χ0v) is 14.0. The van der Waals surface area contributed by atoms with Gasteiger partial charge < -0.3 is 15.4 Å². The normalized spacial score (nSPS) is 23.0. The number of hydrogen-bond donors (Lipinski definition) is 3. The predicted molar refractivity (Wildman–Crippen MR) is 81.6 cm³/mol. The molecule has 0 aromatic heterocycles. The maximum atomic E-state index is 11.7. The molecule has 1 aliphatic rings. The lowest BCUT2D eigenvalue weighted by Crippen LogP contribution is -2.40. The van der Waals surface area contributed by atoms with E-state index in [0.717, 1.165) is 25.5 Å². The van der Waals surface area contributed by atoms with Gasteiger partial charge in [0, 0.05) is 25.2 Å². The monoisotopic (exact) mass is 321 g/mol. The van der Waals surface area contributed by atoms with Gasteiger partial charge in [0.25, 0.3) is 0 Å². The molecule has 21 heavy (non-hydrogen) atoms. The third kappa shape index (κ3) is 8.90. The summed E-state index contributed by atoms with van der Waals surface area (Å²) in [4.78, 5) is 11.7. The fourth-order valence-corrected chi connectivity index (χ4v) is 2.76. The Hall–Kier alpha value is -0.860. The van der Waals surface area contributed by atoms with Crippen LogP contribution in [-0.2, 0) is 14.8 Å². The minimum Gasteiger partial charge on any atom is -0.444 e. The molecule has 8 heteroatoms. The van der Waals surface area contributed by atoms with Gasteiger partial charge >= 0.3 is 6.09 Å². The first-order valence-electron chi connectivity index (χ1n) is 7.23. The number of ether oxygens (including phenoxy) is 1. The molecule has 2 unspecified atom stereocenters. The van der Waals surface area contributed by atoms with E-state index in [4.69, 9.17) is 4.74 Å². The van der Waals surface area contributed by atoms with Gasteiger partial charge in [-0.15, -0.1) is 0 Å². The van der Waals surface area contributed by atoms with E-state index < -0.39 is 15.6 Å². The summed E-state index contributed by atoms with van der Waals surface area (Å²) in [5.41, 5.74) is -0.488. The van der Waals surface area contributed by atoms with Crippen LogP contribution in [0.2, 0.25) is 0 Å². The van der Waals surface area contributed by atoms with E-state index in [1.165, 1.54) is 0 Å². The molecule has 1 aliphatic carbocycles. The molecule has 0 aromatic carbocycles.